The average molecular weight is 1190 g/mol. The van der Waals surface area contributed by atoms with Crippen LogP contribution in [0.15, 0.2) is 48.8 Å². The van der Waals surface area contributed by atoms with Crippen LogP contribution in [0.1, 0.15) is 176 Å². The molecule has 3 fully saturated rings. The van der Waals surface area contributed by atoms with Crippen molar-refractivity contribution in [2.75, 3.05) is 33.9 Å². The van der Waals surface area contributed by atoms with E-state index in [1.807, 2.05) is 46.7 Å². The van der Waals surface area contributed by atoms with Gasteiger partial charge in [0.2, 0.25) is 5.91 Å². The molecule has 474 valence electrons. The van der Waals surface area contributed by atoms with Crippen LogP contribution in [0.4, 0.5) is 0 Å². The van der Waals surface area contributed by atoms with Gasteiger partial charge in [-0.2, -0.15) is 5.10 Å². The molecule has 4 heterocycles. The predicted octanol–water partition coefficient (Wildman–Crippen LogP) is 8.42. The van der Waals surface area contributed by atoms with Gasteiger partial charge in [0, 0.05) is 44.5 Å². The summed E-state index contributed by atoms with van der Waals surface area (Å²) in [5.41, 5.74) is 0.189. The molecule has 0 saturated carbocycles. The van der Waals surface area contributed by atoms with Crippen LogP contribution >= 0.6 is 7.26 Å². The fourth-order valence-corrected chi connectivity index (χ4v) is 19.3. The highest BCUT2D eigenvalue weighted by Gasteiger charge is 2.56. The van der Waals surface area contributed by atoms with Crippen molar-refractivity contribution in [3.8, 4) is 0 Å². The number of carbonyl (C=O) groups is 2. The zero-order chi connectivity index (χ0) is 62.6. The van der Waals surface area contributed by atoms with Gasteiger partial charge in [-0.05, 0) is 194 Å². The topological polar surface area (TPSA) is 206 Å². The quantitative estimate of drug-likeness (QED) is 0.0461. The Balaban J connectivity index is 1.29. The maximum Gasteiger partial charge on any atom is 0.309 e. The number of rotatable bonds is 18. The molecule has 5 N–H and O–H groups in total. The maximum atomic E-state index is 14.9. The number of aryl methyl sites for hydroxylation is 4. The normalized spacial score (nSPS) is 35.2. The van der Waals surface area contributed by atoms with Gasteiger partial charge in [-0.25, -0.2) is 0 Å². The third-order valence-corrected chi connectivity index (χ3v) is 23.7. The number of unbranched alkanes of at least 4 members (excludes halogenated alkanes) is 4. The lowest BCUT2D eigenvalue weighted by Gasteiger charge is -2.51. The summed E-state index contributed by atoms with van der Waals surface area (Å²) in [6.07, 6.45) is 1.90. The standard InChI is InChI=1S/C67H110N4O12P/c1-20-56-67(16,78)60(74)49(12)70(57(72)26-24-22-21-23-25-27-84(51-30-41(4)28-42(5)31-51,52-32-43(6)29-44(7)33-52)53-37-68-71(39-53)40(2)3)38-45(8)35-65(14,77)62(83-64-59(73)54(69(17)18)34-46(9)80-64)47(10)58(48(11)63(76)82-56)55-36-66(15,79-19)61(75)50(13)81-55/h28-33,37,39-40,45-50,54-56,58-62,64,73-75,77-78H,20-27,34-36,38H2,1-19H3/q+1/t45-,46-,47+,48-,49-,50+,54+,55?,56-,58+,59-,60-,61+,62-,64+,65-,66-,67-/m1/s1. The van der Waals surface area contributed by atoms with E-state index >= 15 is 0 Å². The molecule has 18 atom stereocenters. The Hall–Kier alpha value is -3.38. The van der Waals surface area contributed by atoms with Crippen LogP contribution in [0.2, 0.25) is 0 Å². The van der Waals surface area contributed by atoms with Crippen molar-refractivity contribution >= 4 is 35.1 Å². The first-order valence-corrected chi connectivity index (χ1v) is 33.5. The smallest absolute Gasteiger partial charge is 0.309 e. The molecule has 1 aromatic heterocycles. The summed E-state index contributed by atoms with van der Waals surface area (Å²) in [5.74, 6) is -3.72. The lowest BCUT2D eigenvalue weighted by molar-refractivity contribution is -0.302. The third kappa shape index (κ3) is 15.7. The van der Waals surface area contributed by atoms with E-state index in [0.717, 1.165) is 31.8 Å². The number of carbonyl (C=O) groups excluding carboxylic acids is 2. The second kappa shape index (κ2) is 28.8. The molecule has 0 radical (unpaired) electrons. The van der Waals surface area contributed by atoms with Gasteiger partial charge in [0.15, 0.2) is 6.29 Å². The molecule has 17 heteroatoms. The van der Waals surface area contributed by atoms with Gasteiger partial charge in [-0.1, -0.05) is 52.7 Å². The first-order chi connectivity index (χ1) is 39.2. The number of amides is 1. The molecule has 0 spiro atoms. The lowest BCUT2D eigenvalue weighted by Crippen LogP contribution is -2.61. The summed E-state index contributed by atoms with van der Waals surface area (Å²) in [6, 6.07) is 13.0. The molecule has 2 aromatic carbocycles. The fourth-order valence-electron chi connectivity index (χ4n) is 14.7. The molecular formula is C67H110N4O12P+. The minimum atomic E-state index is -2.18. The van der Waals surface area contributed by atoms with Crippen molar-refractivity contribution in [1.29, 1.82) is 0 Å². The molecule has 6 rings (SSSR count). The van der Waals surface area contributed by atoms with Crippen LogP contribution in [0.5, 0.6) is 0 Å². The summed E-state index contributed by atoms with van der Waals surface area (Å²) < 4.78 is 34.4. The fraction of sp³-hybridized carbons (Fsp3) is 0.746. The van der Waals surface area contributed by atoms with E-state index in [4.69, 9.17) is 28.8 Å². The molecule has 3 aliphatic rings. The summed E-state index contributed by atoms with van der Waals surface area (Å²) in [6.45, 7) is 30.9. The van der Waals surface area contributed by atoms with E-state index in [9.17, 15) is 35.1 Å². The van der Waals surface area contributed by atoms with Gasteiger partial charge in [0.1, 0.15) is 53.2 Å². The number of methoxy groups -OCH3 is 1. The van der Waals surface area contributed by atoms with E-state index in [0.29, 0.717) is 12.8 Å². The molecule has 1 unspecified atom stereocenters. The van der Waals surface area contributed by atoms with Crippen molar-refractivity contribution in [1.82, 2.24) is 19.6 Å². The summed E-state index contributed by atoms with van der Waals surface area (Å²) >= 11 is 0. The number of cyclic esters (lactones) is 1. The van der Waals surface area contributed by atoms with Crippen molar-refractivity contribution in [3.05, 3.63) is 71.0 Å². The highest BCUT2D eigenvalue weighted by molar-refractivity contribution is 7.95. The molecule has 84 heavy (non-hydrogen) atoms. The lowest BCUT2D eigenvalue weighted by atomic mass is 9.68. The number of aromatic nitrogens is 2. The average Bonchev–Trinajstić information content (AvgIpc) is 1.67. The number of benzene rings is 2. The minimum absolute atomic E-state index is 0.0899. The van der Waals surface area contributed by atoms with E-state index in [1.54, 1.807) is 39.5 Å². The number of hydrogen-bond acceptors (Lipinski definition) is 14. The van der Waals surface area contributed by atoms with Crippen LogP contribution in [0, 0.1) is 51.4 Å². The molecule has 0 bridgehead atoms. The summed E-state index contributed by atoms with van der Waals surface area (Å²) in [7, 11) is 3.14. The Labute approximate surface area is 505 Å². The number of aliphatic hydroxyl groups is 5. The second-order valence-corrected chi connectivity index (χ2v) is 31.0. The van der Waals surface area contributed by atoms with Gasteiger partial charge in [-0.15, -0.1) is 0 Å². The SMILES string of the molecule is CC[C@H]1OC(=O)[C@H](C)[C@@H](C2C[C@@](C)(OC)[C@@H](O)[C@H](C)O2)[C@H](C)[C@@H](O[C@@H]2O[C@H](C)C[C@H](N(C)C)[C@H]2O)[C@](C)(O)C[C@@H](C)CN(C(=O)CCCCCCC[P+](c2cc(C)cc(C)c2)(c2cc(C)cc(C)c2)c2cnn(C(C)C)c2)[C@H](C)[C@@H](O)[C@]1(C)O. The predicted molar refractivity (Wildman–Crippen MR) is 335 cm³/mol. The first kappa shape index (κ1) is 69.7. The molecule has 3 saturated heterocycles. The van der Waals surface area contributed by atoms with Crippen molar-refractivity contribution in [3.63, 3.8) is 0 Å². The summed E-state index contributed by atoms with van der Waals surface area (Å²) in [4.78, 5) is 33.4. The largest absolute Gasteiger partial charge is 0.459 e. The highest BCUT2D eigenvalue weighted by Crippen LogP contribution is 2.57. The zero-order valence-corrected chi connectivity index (χ0v) is 55.6. The number of hydrogen-bond donors (Lipinski definition) is 5. The number of ether oxygens (including phenoxy) is 5. The van der Waals surface area contributed by atoms with Crippen LogP contribution in [-0.2, 0) is 33.3 Å². The van der Waals surface area contributed by atoms with Crippen LogP contribution in [-0.4, -0.2) is 175 Å². The van der Waals surface area contributed by atoms with Gasteiger partial charge in [0.25, 0.3) is 0 Å². The molecule has 16 nitrogen and oxygen atoms in total. The Kier molecular flexibility index (Phi) is 23.9. The third-order valence-electron chi connectivity index (χ3n) is 19.3. The van der Waals surface area contributed by atoms with Crippen LogP contribution < -0.4 is 15.9 Å². The number of esters is 1. The highest BCUT2D eigenvalue weighted by atomic mass is 31.2. The van der Waals surface area contributed by atoms with Crippen LogP contribution in [0.3, 0.4) is 0 Å². The van der Waals surface area contributed by atoms with E-state index in [2.05, 4.69) is 95.0 Å². The number of nitrogens with zero attached hydrogens (tertiary/aromatic N) is 4. The second-order valence-electron chi connectivity index (χ2n) is 27.4. The van der Waals surface area contributed by atoms with Gasteiger partial charge in [0.05, 0.1) is 66.1 Å². The van der Waals surface area contributed by atoms with Gasteiger partial charge >= 0.3 is 5.97 Å². The van der Waals surface area contributed by atoms with Gasteiger partial charge < -0.3 is 59.0 Å². The molecule has 3 aromatic rings. The minimum Gasteiger partial charge on any atom is -0.459 e. The Morgan fingerprint density at radius 2 is 1.39 bits per heavy atom. The Bertz CT molecular complexity index is 2530. The van der Waals surface area contributed by atoms with E-state index in [-0.39, 0.29) is 56.3 Å². The van der Waals surface area contributed by atoms with E-state index < -0.39 is 109 Å². The van der Waals surface area contributed by atoms with Gasteiger partial charge in [-0.3, -0.25) is 14.3 Å². The van der Waals surface area contributed by atoms with Crippen molar-refractivity contribution in [2.24, 2.45) is 23.7 Å². The summed E-state index contributed by atoms with van der Waals surface area (Å²) in [5, 5.41) is 70.2. The molecule has 0 aliphatic carbocycles. The number of aliphatic hydroxyl groups excluding tert-OH is 3. The van der Waals surface area contributed by atoms with Crippen molar-refractivity contribution < 1.29 is 58.8 Å². The molecule has 3 aliphatic heterocycles. The zero-order valence-electron chi connectivity index (χ0n) is 54.7. The van der Waals surface area contributed by atoms with E-state index in [1.165, 1.54) is 52.2 Å². The Morgan fingerprint density at radius 1 is 0.821 bits per heavy atom. The molecule has 1 amide bonds. The molecular weight excluding hydrogens is 1080 g/mol. The Morgan fingerprint density at radius 3 is 1.93 bits per heavy atom. The monoisotopic (exact) mass is 1190 g/mol. The number of likely N-dealkylation sites (N-methyl/N-ethyl adjacent to an activating group) is 1. The maximum absolute atomic E-state index is 14.9. The van der Waals surface area contributed by atoms with Crippen LogP contribution in [0.25, 0.3) is 0 Å². The van der Waals surface area contributed by atoms with Crippen molar-refractivity contribution in [2.45, 2.75) is 265 Å². The first-order valence-electron chi connectivity index (χ1n) is 31.5.